The van der Waals surface area contributed by atoms with Gasteiger partial charge in [-0.2, -0.15) is 5.10 Å². The largest absolute Gasteiger partial charge is 0.268 e. The number of pyridine rings is 1. The lowest BCUT2D eigenvalue weighted by Gasteiger charge is -2.08. The molecule has 0 unspecified atom stereocenters. The summed E-state index contributed by atoms with van der Waals surface area (Å²) in [5.41, 5.74) is 3.04. The van der Waals surface area contributed by atoms with Gasteiger partial charge in [0.25, 0.3) is 0 Å². The number of halogens is 1. The summed E-state index contributed by atoms with van der Waals surface area (Å²) in [4.78, 5) is 4.13. The monoisotopic (exact) mass is 346 g/mol. The van der Waals surface area contributed by atoms with Crippen LogP contribution in [-0.4, -0.2) is 19.7 Å². The van der Waals surface area contributed by atoms with Gasteiger partial charge in [-0.25, -0.2) is 0 Å². The molecule has 0 aliphatic carbocycles. The van der Waals surface area contributed by atoms with E-state index in [2.05, 4.69) is 31.1 Å². The number of aromatic amines is 1. The Kier molecular flexibility index (Phi) is 3.50. The highest BCUT2D eigenvalue weighted by Gasteiger charge is 2.11. The van der Waals surface area contributed by atoms with Crippen LogP contribution in [0.1, 0.15) is 5.56 Å². The zero-order chi connectivity index (χ0) is 14.1. The van der Waals surface area contributed by atoms with E-state index >= 15 is 0 Å². The van der Waals surface area contributed by atoms with E-state index in [9.17, 15) is 0 Å². The highest BCUT2D eigenvalue weighted by atomic mass is 79.9. The Morgan fingerprint density at radius 1 is 1.30 bits per heavy atom. The fourth-order valence-corrected chi connectivity index (χ4v) is 2.55. The molecule has 2 aromatic heterocycles. The van der Waals surface area contributed by atoms with Gasteiger partial charge in [-0.05, 0) is 49.0 Å². The van der Waals surface area contributed by atoms with Crippen molar-refractivity contribution in [2.75, 3.05) is 0 Å². The molecule has 0 amide bonds. The van der Waals surface area contributed by atoms with Crippen molar-refractivity contribution < 1.29 is 0 Å². The van der Waals surface area contributed by atoms with Crippen molar-refractivity contribution in [3.63, 3.8) is 0 Å². The Hall–Kier alpha value is -1.79. The number of benzene rings is 1. The van der Waals surface area contributed by atoms with Crippen molar-refractivity contribution in [3.8, 4) is 17.1 Å². The third-order valence-electron chi connectivity index (χ3n) is 3.01. The topological polar surface area (TPSA) is 46.5 Å². The second-order valence-corrected chi connectivity index (χ2v) is 5.60. The van der Waals surface area contributed by atoms with E-state index in [0.29, 0.717) is 4.77 Å². The summed E-state index contributed by atoms with van der Waals surface area (Å²) in [5, 5.41) is 7.15. The molecule has 0 fully saturated rings. The van der Waals surface area contributed by atoms with Gasteiger partial charge in [-0.15, -0.1) is 0 Å². The minimum Gasteiger partial charge on any atom is -0.268 e. The van der Waals surface area contributed by atoms with Crippen molar-refractivity contribution in [1.82, 2.24) is 19.7 Å². The van der Waals surface area contributed by atoms with Crippen LogP contribution in [-0.2, 0) is 0 Å². The normalized spacial score (nSPS) is 10.7. The van der Waals surface area contributed by atoms with Gasteiger partial charge in [0.05, 0.1) is 5.69 Å². The standard InChI is InChI=1S/C14H11BrN4S/c1-9-4-5-11(7-12(9)15)19-13(17-18-14(19)20)10-3-2-6-16-8-10/h2-8H,1H3,(H,18,20). The van der Waals surface area contributed by atoms with Crippen molar-refractivity contribution in [1.29, 1.82) is 0 Å². The molecule has 0 saturated carbocycles. The molecule has 0 aliphatic rings. The molecule has 0 radical (unpaired) electrons. The van der Waals surface area contributed by atoms with Crippen molar-refractivity contribution in [2.45, 2.75) is 6.92 Å². The molecule has 4 nitrogen and oxygen atoms in total. The van der Waals surface area contributed by atoms with Crippen molar-refractivity contribution >= 4 is 28.1 Å². The minimum atomic E-state index is 0.555. The highest BCUT2D eigenvalue weighted by molar-refractivity contribution is 9.10. The fraction of sp³-hybridized carbons (Fsp3) is 0.0714. The molecule has 0 atom stereocenters. The van der Waals surface area contributed by atoms with Crippen LogP contribution in [0.4, 0.5) is 0 Å². The Bertz CT molecular complexity index is 808. The first kappa shape index (κ1) is 13.2. The minimum absolute atomic E-state index is 0.555. The van der Waals surface area contributed by atoms with E-state index in [1.165, 1.54) is 5.56 Å². The quantitative estimate of drug-likeness (QED) is 0.711. The van der Waals surface area contributed by atoms with Crippen molar-refractivity contribution in [2.24, 2.45) is 0 Å². The SMILES string of the molecule is Cc1ccc(-n2c(-c3cccnc3)n[nH]c2=S)cc1Br. The van der Waals surface area contributed by atoms with E-state index in [4.69, 9.17) is 12.2 Å². The zero-order valence-electron chi connectivity index (χ0n) is 10.7. The number of nitrogens with one attached hydrogen (secondary N) is 1. The lowest BCUT2D eigenvalue weighted by molar-refractivity contribution is 1.03. The molecule has 0 saturated heterocycles. The lowest BCUT2D eigenvalue weighted by Crippen LogP contribution is -1.98. The fourth-order valence-electron chi connectivity index (χ4n) is 1.95. The molecule has 0 aliphatic heterocycles. The molecule has 20 heavy (non-hydrogen) atoms. The first-order valence-corrected chi connectivity index (χ1v) is 7.21. The van der Waals surface area contributed by atoms with Crippen LogP contribution in [0.2, 0.25) is 0 Å². The molecule has 0 bridgehead atoms. The maximum Gasteiger partial charge on any atom is 0.200 e. The van der Waals surface area contributed by atoms with Gasteiger partial charge in [-0.1, -0.05) is 22.0 Å². The van der Waals surface area contributed by atoms with E-state index in [0.717, 1.165) is 21.5 Å². The van der Waals surface area contributed by atoms with Crippen LogP contribution >= 0.6 is 28.1 Å². The van der Waals surface area contributed by atoms with Crippen LogP contribution in [0.25, 0.3) is 17.1 Å². The van der Waals surface area contributed by atoms with E-state index in [-0.39, 0.29) is 0 Å². The van der Waals surface area contributed by atoms with Gasteiger partial charge in [0.15, 0.2) is 10.6 Å². The summed E-state index contributed by atoms with van der Waals surface area (Å²) < 4.78 is 3.49. The average Bonchev–Trinajstić information content (AvgIpc) is 2.85. The maximum atomic E-state index is 5.34. The molecule has 1 N–H and O–H groups in total. The van der Waals surface area contributed by atoms with Crippen LogP contribution in [0.5, 0.6) is 0 Å². The highest BCUT2D eigenvalue weighted by Crippen LogP contribution is 2.24. The van der Waals surface area contributed by atoms with E-state index < -0.39 is 0 Å². The van der Waals surface area contributed by atoms with Crippen LogP contribution in [0.15, 0.2) is 47.2 Å². The van der Waals surface area contributed by atoms with Crippen LogP contribution in [0.3, 0.4) is 0 Å². The predicted molar refractivity (Wildman–Crippen MR) is 84.4 cm³/mol. The number of rotatable bonds is 2. The number of hydrogen-bond acceptors (Lipinski definition) is 3. The van der Waals surface area contributed by atoms with Gasteiger partial charge in [0.1, 0.15) is 0 Å². The third kappa shape index (κ3) is 2.32. The smallest absolute Gasteiger partial charge is 0.200 e. The van der Waals surface area contributed by atoms with Crippen LogP contribution < -0.4 is 0 Å². The van der Waals surface area contributed by atoms with Crippen LogP contribution in [0, 0.1) is 11.7 Å². The molecular formula is C14H11BrN4S. The lowest BCUT2D eigenvalue weighted by atomic mass is 10.2. The Labute approximate surface area is 129 Å². The second-order valence-electron chi connectivity index (χ2n) is 4.36. The molecule has 3 aromatic rings. The third-order valence-corrected chi connectivity index (χ3v) is 4.13. The molecular weight excluding hydrogens is 336 g/mol. The predicted octanol–water partition coefficient (Wildman–Crippen LogP) is 4.06. The van der Waals surface area contributed by atoms with Gasteiger partial charge >= 0.3 is 0 Å². The zero-order valence-corrected chi connectivity index (χ0v) is 13.1. The molecule has 6 heteroatoms. The summed E-state index contributed by atoms with van der Waals surface area (Å²) in [6.45, 7) is 2.05. The summed E-state index contributed by atoms with van der Waals surface area (Å²) in [7, 11) is 0. The van der Waals surface area contributed by atoms with E-state index in [1.807, 2.05) is 41.8 Å². The second kappa shape index (κ2) is 5.30. The molecule has 2 heterocycles. The van der Waals surface area contributed by atoms with Gasteiger partial charge < -0.3 is 0 Å². The van der Waals surface area contributed by atoms with Crippen molar-refractivity contribution in [3.05, 3.63) is 57.5 Å². The molecule has 1 aromatic carbocycles. The number of hydrogen-bond donors (Lipinski definition) is 1. The summed E-state index contributed by atoms with van der Waals surface area (Å²) >= 11 is 8.89. The Morgan fingerprint density at radius 3 is 2.85 bits per heavy atom. The maximum absolute atomic E-state index is 5.34. The summed E-state index contributed by atoms with van der Waals surface area (Å²) in [6.07, 6.45) is 3.50. The summed E-state index contributed by atoms with van der Waals surface area (Å²) in [6, 6.07) is 9.92. The Morgan fingerprint density at radius 2 is 2.15 bits per heavy atom. The average molecular weight is 347 g/mol. The van der Waals surface area contributed by atoms with E-state index in [1.54, 1.807) is 12.4 Å². The molecule has 0 spiro atoms. The first-order valence-electron chi connectivity index (χ1n) is 6.01. The van der Waals surface area contributed by atoms with Gasteiger partial charge in [0, 0.05) is 22.4 Å². The number of aromatic nitrogens is 4. The molecule has 100 valence electrons. The number of aryl methyl sites for hydroxylation is 1. The summed E-state index contributed by atoms with van der Waals surface area (Å²) in [5.74, 6) is 0.749. The first-order chi connectivity index (χ1) is 9.66. The number of nitrogens with zero attached hydrogens (tertiary/aromatic N) is 3. The number of H-pyrrole nitrogens is 1. The Balaban J connectivity index is 2.22. The van der Waals surface area contributed by atoms with Gasteiger partial charge in [0.2, 0.25) is 0 Å². The molecule has 3 rings (SSSR count). The van der Waals surface area contributed by atoms with Gasteiger partial charge in [-0.3, -0.25) is 14.6 Å².